The maximum Gasteiger partial charge on any atom is 0.228 e. The molecule has 0 spiro atoms. The first-order chi connectivity index (χ1) is 7.10. The van der Waals surface area contributed by atoms with Crippen LogP contribution < -0.4 is 9.47 Å². The van der Waals surface area contributed by atoms with E-state index in [4.69, 9.17) is 21.1 Å². The fourth-order valence-corrected chi connectivity index (χ4v) is 1.42. The van der Waals surface area contributed by atoms with E-state index in [1.807, 2.05) is 0 Å². The minimum atomic E-state index is -0.404. The summed E-state index contributed by atoms with van der Waals surface area (Å²) in [5, 5.41) is -0.404. The summed E-state index contributed by atoms with van der Waals surface area (Å²) in [5.41, 5.74) is 0.762. The molecule has 0 aliphatic carbocycles. The van der Waals surface area contributed by atoms with Crippen LogP contribution in [0, 0.1) is 0 Å². The zero-order valence-electron chi connectivity index (χ0n) is 8.91. The van der Waals surface area contributed by atoms with Crippen LogP contribution in [0.1, 0.15) is 18.4 Å². The summed E-state index contributed by atoms with van der Waals surface area (Å²) < 4.78 is 10.2. The zero-order valence-corrected chi connectivity index (χ0v) is 9.67. The Kier molecular flexibility index (Phi) is 3.97. The molecule has 1 unspecified atom stereocenters. The van der Waals surface area contributed by atoms with Crippen LogP contribution in [0.2, 0.25) is 0 Å². The lowest BCUT2D eigenvalue weighted by Crippen LogP contribution is -2.04. The lowest BCUT2D eigenvalue weighted by Gasteiger charge is -2.13. The van der Waals surface area contributed by atoms with Crippen molar-refractivity contribution in [2.45, 2.75) is 12.8 Å². The highest BCUT2D eigenvalue weighted by Gasteiger charge is 2.17. The number of carbonyl (C=O) groups is 1. The topological polar surface area (TPSA) is 35.5 Å². The van der Waals surface area contributed by atoms with E-state index >= 15 is 0 Å². The normalized spacial score (nSPS) is 12.0. The lowest BCUT2D eigenvalue weighted by molar-refractivity contribution is -0.112. The molecule has 0 aliphatic heterocycles. The van der Waals surface area contributed by atoms with Crippen LogP contribution in [0.4, 0.5) is 0 Å². The highest BCUT2D eigenvalue weighted by Crippen LogP contribution is 2.31. The number of benzene rings is 1. The number of hydrogen-bond donors (Lipinski definition) is 0. The molecule has 0 radical (unpaired) electrons. The molecule has 0 heterocycles. The van der Waals surface area contributed by atoms with Gasteiger partial charge >= 0.3 is 0 Å². The van der Waals surface area contributed by atoms with Crippen LogP contribution in [0.15, 0.2) is 18.2 Å². The second-order valence-corrected chi connectivity index (χ2v) is 3.51. The van der Waals surface area contributed by atoms with Crippen molar-refractivity contribution < 1.29 is 14.3 Å². The Morgan fingerprint density at radius 1 is 1.33 bits per heavy atom. The number of methoxy groups -OCH3 is 2. The van der Waals surface area contributed by atoms with Gasteiger partial charge in [0.2, 0.25) is 5.24 Å². The summed E-state index contributed by atoms with van der Waals surface area (Å²) in [7, 11) is 3.12. The van der Waals surface area contributed by atoms with Gasteiger partial charge in [-0.05, 0) is 24.6 Å². The molecule has 0 saturated carbocycles. The van der Waals surface area contributed by atoms with E-state index in [9.17, 15) is 4.79 Å². The van der Waals surface area contributed by atoms with E-state index in [0.29, 0.717) is 11.5 Å². The molecule has 1 aromatic carbocycles. The first-order valence-electron chi connectivity index (χ1n) is 4.51. The minimum Gasteiger partial charge on any atom is -0.497 e. The summed E-state index contributed by atoms with van der Waals surface area (Å²) >= 11 is 5.44. The van der Waals surface area contributed by atoms with Gasteiger partial charge in [0, 0.05) is 11.6 Å². The van der Waals surface area contributed by atoms with Gasteiger partial charge in [0.25, 0.3) is 0 Å². The van der Waals surface area contributed by atoms with Crippen LogP contribution in [-0.2, 0) is 4.79 Å². The van der Waals surface area contributed by atoms with Gasteiger partial charge in [0.15, 0.2) is 0 Å². The van der Waals surface area contributed by atoms with Crippen molar-refractivity contribution in [1.82, 2.24) is 0 Å². The molecule has 3 nitrogen and oxygen atoms in total. The lowest BCUT2D eigenvalue weighted by atomic mass is 10.0. The van der Waals surface area contributed by atoms with Crippen molar-refractivity contribution in [1.29, 1.82) is 0 Å². The molecule has 0 aliphatic rings. The highest BCUT2D eigenvalue weighted by atomic mass is 35.5. The van der Waals surface area contributed by atoms with Crippen molar-refractivity contribution >= 4 is 16.8 Å². The molecule has 1 rings (SSSR count). The van der Waals surface area contributed by atoms with E-state index in [0.717, 1.165) is 5.56 Å². The number of rotatable bonds is 4. The maximum atomic E-state index is 11.0. The molecule has 82 valence electrons. The standard InChI is InChI=1S/C11H13ClO3/c1-7(11(12)13)9-5-4-8(14-2)6-10(9)15-3/h4-7H,1-3H3. The van der Waals surface area contributed by atoms with E-state index in [1.54, 1.807) is 39.3 Å². The third kappa shape index (κ3) is 2.63. The number of ether oxygens (including phenoxy) is 2. The first kappa shape index (κ1) is 11.9. The van der Waals surface area contributed by atoms with Gasteiger partial charge in [-0.15, -0.1) is 0 Å². The van der Waals surface area contributed by atoms with Crippen LogP contribution in [-0.4, -0.2) is 19.5 Å². The van der Waals surface area contributed by atoms with Gasteiger partial charge in [0.05, 0.1) is 20.1 Å². The zero-order chi connectivity index (χ0) is 11.4. The van der Waals surface area contributed by atoms with E-state index in [2.05, 4.69) is 0 Å². The van der Waals surface area contributed by atoms with Crippen LogP contribution in [0.5, 0.6) is 11.5 Å². The Labute approximate surface area is 93.9 Å². The molecule has 1 atom stereocenters. The minimum absolute atomic E-state index is 0.382. The Hall–Kier alpha value is -1.22. The second kappa shape index (κ2) is 5.03. The Bertz CT molecular complexity index is 363. The first-order valence-corrected chi connectivity index (χ1v) is 4.89. The average molecular weight is 229 g/mol. The number of hydrogen-bond acceptors (Lipinski definition) is 3. The molecule has 0 fully saturated rings. The SMILES string of the molecule is COc1ccc(C(C)C(=O)Cl)c(OC)c1. The van der Waals surface area contributed by atoms with Gasteiger partial charge in [0.1, 0.15) is 11.5 Å². The maximum absolute atomic E-state index is 11.0. The van der Waals surface area contributed by atoms with E-state index in [1.165, 1.54) is 0 Å². The second-order valence-electron chi connectivity index (χ2n) is 3.13. The van der Waals surface area contributed by atoms with Crippen molar-refractivity contribution in [2.75, 3.05) is 14.2 Å². The summed E-state index contributed by atoms with van der Waals surface area (Å²) in [6.07, 6.45) is 0. The molecule has 0 aromatic heterocycles. The molecular formula is C11H13ClO3. The summed E-state index contributed by atoms with van der Waals surface area (Å²) in [6.45, 7) is 1.74. The summed E-state index contributed by atoms with van der Waals surface area (Å²) in [5.74, 6) is 0.910. The molecule has 0 bridgehead atoms. The highest BCUT2D eigenvalue weighted by molar-refractivity contribution is 6.64. The van der Waals surface area contributed by atoms with Crippen LogP contribution in [0.3, 0.4) is 0 Å². The van der Waals surface area contributed by atoms with Crippen molar-refractivity contribution in [2.24, 2.45) is 0 Å². The quantitative estimate of drug-likeness (QED) is 0.743. The van der Waals surface area contributed by atoms with Gasteiger partial charge in [-0.2, -0.15) is 0 Å². The Morgan fingerprint density at radius 2 is 2.00 bits per heavy atom. The molecule has 15 heavy (non-hydrogen) atoms. The Balaban J connectivity index is 3.12. The molecule has 0 N–H and O–H groups in total. The van der Waals surface area contributed by atoms with Crippen molar-refractivity contribution in [3.05, 3.63) is 23.8 Å². The fraction of sp³-hybridized carbons (Fsp3) is 0.364. The molecule has 4 heteroatoms. The summed E-state index contributed by atoms with van der Waals surface area (Å²) in [4.78, 5) is 11.0. The Morgan fingerprint density at radius 3 is 2.47 bits per heavy atom. The van der Waals surface area contributed by atoms with Gasteiger partial charge < -0.3 is 9.47 Å². The van der Waals surface area contributed by atoms with Crippen LogP contribution in [0.25, 0.3) is 0 Å². The number of carbonyl (C=O) groups excluding carboxylic acids is 1. The summed E-state index contributed by atoms with van der Waals surface area (Å²) in [6, 6.07) is 5.28. The predicted octanol–water partition coefficient (Wildman–Crippen LogP) is 2.57. The van der Waals surface area contributed by atoms with Crippen molar-refractivity contribution in [3.8, 4) is 11.5 Å². The van der Waals surface area contributed by atoms with Gasteiger partial charge in [-0.1, -0.05) is 6.07 Å². The number of halogens is 1. The predicted molar refractivity (Wildman–Crippen MR) is 58.8 cm³/mol. The van der Waals surface area contributed by atoms with Crippen LogP contribution >= 0.6 is 11.6 Å². The third-order valence-corrected chi connectivity index (χ3v) is 2.57. The fourth-order valence-electron chi connectivity index (χ4n) is 1.30. The molecule has 0 amide bonds. The molecule has 1 aromatic rings. The van der Waals surface area contributed by atoms with Gasteiger partial charge in [-0.25, -0.2) is 0 Å². The third-order valence-electron chi connectivity index (χ3n) is 2.25. The molecule has 0 saturated heterocycles. The molecular weight excluding hydrogens is 216 g/mol. The largest absolute Gasteiger partial charge is 0.497 e. The van der Waals surface area contributed by atoms with Gasteiger partial charge in [-0.3, -0.25) is 4.79 Å². The average Bonchev–Trinajstić information content (AvgIpc) is 2.27. The monoisotopic (exact) mass is 228 g/mol. The van der Waals surface area contributed by atoms with E-state index in [-0.39, 0.29) is 5.92 Å². The smallest absolute Gasteiger partial charge is 0.228 e. The van der Waals surface area contributed by atoms with E-state index < -0.39 is 5.24 Å². The van der Waals surface area contributed by atoms with Crippen molar-refractivity contribution in [3.63, 3.8) is 0 Å².